The van der Waals surface area contributed by atoms with Gasteiger partial charge >= 0.3 is 0 Å². The predicted molar refractivity (Wildman–Crippen MR) is 97.9 cm³/mol. The standard InChI is InChI=1S/C18H24BrN3O2/c1-12(2)22(11-15-9-20-21(5)10-15)18(23)14(4)24-17-7-6-13(3)8-16(17)19/h6-10,12,14H,11H2,1-5H3/t14-/m0/s1. The summed E-state index contributed by atoms with van der Waals surface area (Å²) in [6.07, 6.45) is 3.14. The molecule has 0 radical (unpaired) electrons. The van der Waals surface area contributed by atoms with E-state index in [9.17, 15) is 4.79 Å². The third-order valence-electron chi connectivity index (χ3n) is 3.76. The monoisotopic (exact) mass is 393 g/mol. The van der Waals surface area contributed by atoms with E-state index >= 15 is 0 Å². The van der Waals surface area contributed by atoms with Gasteiger partial charge in [0.05, 0.1) is 10.7 Å². The molecule has 1 amide bonds. The first-order valence-corrected chi connectivity index (χ1v) is 8.78. The van der Waals surface area contributed by atoms with Gasteiger partial charge in [-0.3, -0.25) is 9.48 Å². The van der Waals surface area contributed by atoms with Crippen molar-refractivity contribution >= 4 is 21.8 Å². The Morgan fingerprint density at radius 3 is 2.62 bits per heavy atom. The SMILES string of the molecule is Cc1ccc(O[C@@H](C)C(=O)N(Cc2cnn(C)c2)C(C)C)c(Br)c1. The zero-order valence-electron chi connectivity index (χ0n) is 14.8. The van der Waals surface area contributed by atoms with Gasteiger partial charge in [0.25, 0.3) is 5.91 Å². The molecular weight excluding hydrogens is 370 g/mol. The van der Waals surface area contributed by atoms with Crippen LogP contribution in [0.15, 0.2) is 35.1 Å². The summed E-state index contributed by atoms with van der Waals surface area (Å²) in [5.41, 5.74) is 2.14. The molecule has 2 aromatic rings. The predicted octanol–water partition coefficient (Wildman–Crippen LogP) is 3.70. The second kappa shape index (κ2) is 7.83. The number of nitrogens with zero attached hydrogens (tertiary/aromatic N) is 3. The molecule has 6 heteroatoms. The molecule has 0 aliphatic carbocycles. The number of hydrogen-bond donors (Lipinski definition) is 0. The maximum Gasteiger partial charge on any atom is 0.263 e. The second-order valence-electron chi connectivity index (χ2n) is 6.28. The number of carbonyl (C=O) groups is 1. The molecule has 0 bridgehead atoms. The first kappa shape index (κ1) is 18.5. The number of carbonyl (C=O) groups excluding carboxylic acids is 1. The number of aryl methyl sites for hydroxylation is 2. The third-order valence-corrected chi connectivity index (χ3v) is 4.38. The number of hydrogen-bond acceptors (Lipinski definition) is 3. The molecule has 0 unspecified atom stereocenters. The van der Waals surface area contributed by atoms with E-state index in [0.29, 0.717) is 12.3 Å². The van der Waals surface area contributed by atoms with Gasteiger partial charge in [0.1, 0.15) is 5.75 Å². The van der Waals surface area contributed by atoms with Gasteiger partial charge in [0, 0.05) is 31.4 Å². The van der Waals surface area contributed by atoms with Crippen molar-refractivity contribution in [3.05, 3.63) is 46.2 Å². The first-order valence-electron chi connectivity index (χ1n) is 7.98. The fourth-order valence-electron chi connectivity index (χ4n) is 2.44. The minimum absolute atomic E-state index is 0.0404. The van der Waals surface area contributed by atoms with Gasteiger partial charge in [0.15, 0.2) is 6.10 Å². The highest BCUT2D eigenvalue weighted by Crippen LogP contribution is 2.27. The van der Waals surface area contributed by atoms with E-state index in [4.69, 9.17) is 4.74 Å². The second-order valence-corrected chi connectivity index (χ2v) is 7.13. The van der Waals surface area contributed by atoms with Crippen LogP contribution in [0.25, 0.3) is 0 Å². The Morgan fingerprint density at radius 1 is 1.38 bits per heavy atom. The average molecular weight is 394 g/mol. The third kappa shape index (κ3) is 4.60. The molecule has 0 N–H and O–H groups in total. The van der Waals surface area contributed by atoms with Gasteiger partial charge in [-0.05, 0) is 61.3 Å². The molecule has 24 heavy (non-hydrogen) atoms. The highest BCUT2D eigenvalue weighted by atomic mass is 79.9. The number of ether oxygens (including phenoxy) is 1. The molecule has 5 nitrogen and oxygen atoms in total. The summed E-state index contributed by atoms with van der Waals surface area (Å²) in [5, 5.41) is 4.16. The Balaban J connectivity index is 2.10. The number of aromatic nitrogens is 2. The zero-order chi connectivity index (χ0) is 17.9. The maximum atomic E-state index is 12.8. The quantitative estimate of drug-likeness (QED) is 0.751. The summed E-state index contributed by atoms with van der Waals surface area (Å²) in [5.74, 6) is 0.632. The lowest BCUT2D eigenvalue weighted by Crippen LogP contribution is -2.43. The van der Waals surface area contributed by atoms with Crippen LogP contribution in [0.2, 0.25) is 0 Å². The zero-order valence-corrected chi connectivity index (χ0v) is 16.4. The number of amides is 1. The Labute approximate surface area is 151 Å². The van der Waals surface area contributed by atoms with Crippen molar-refractivity contribution in [2.45, 2.75) is 46.4 Å². The fraction of sp³-hybridized carbons (Fsp3) is 0.444. The summed E-state index contributed by atoms with van der Waals surface area (Å²) >= 11 is 3.49. The molecule has 0 saturated heterocycles. The summed E-state index contributed by atoms with van der Waals surface area (Å²) in [4.78, 5) is 14.6. The summed E-state index contributed by atoms with van der Waals surface area (Å²) in [6.45, 7) is 8.32. The van der Waals surface area contributed by atoms with Gasteiger partial charge in [0.2, 0.25) is 0 Å². The molecule has 0 spiro atoms. The van der Waals surface area contributed by atoms with Crippen LogP contribution in [-0.4, -0.2) is 32.7 Å². The van der Waals surface area contributed by atoms with Crippen LogP contribution in [0, 0.1) is 6.92 Å². The Bertz CT molecular complexity index is 712. The smallest absolute Gasteiger partial charge is 0.263 e. The molecule has 1 heterocycles. The first-order chi connectivity index (χ1) is 11.3. The normalized spacial score (nSPS) is 12.3. The van der Waals surface area contributed by atoms with E-state index in [1.807, 2.05) is 57.1 Å². The Kier molecular flexibility index (Phi) is 6.04. The summed E-state index contributed by atoms with van der Waals surface area (Å²) < 4.78 is 8.47. The van der Waals surface area contributed by atoms with E-state index < -0.39 is 6.10 Å². The molecule has 1 atom stereocenters. The molecule has 1 aromatic heterocycles. The van der Waals surface area contributed by atoms with Crippen molar-refractivity contribution in [2.24, 2.45) is 7.05 Å². The van der Waals surface area contributed by atoms with Crippen molar-refractivity contribution in [1.29, 1.82) is 0 Å². The number of rotatable bonds is 6. The minimum Gasteiger partial charge on any atom is -0.480 e. The molecule has 0 saturated carbocycles. The van der Waals surface area contributed by atoms with Crippen LogP contribution in [0.5, 0.6) is 5.75 Å². The molecule has 0 aliphatic rings. The Morgan fingerprint density at radius 2 is 2.08 bits per heavy atom. The van der Waals surface area contributed by atoms with Gasteiger partial charge in [-0.15, -0.1) is 0 Å². The fourth-order valence-corrected chi connectivity index (χ4v) is 3.03. The lowest BCUT2D eigenvalue weighted by atomic mass is 10.2. The highest BCUT2D eigenvalue weighted by Gasteiger charge is 2.25. The van der Waals surface area contributed by atoms with Crippen LogP contribution in [0.4, 0.5) is 0 Å². The van der Waals surface area contributed by atoms with Crippen LogP contribution in [0.1, 0.15) is 31.9 Å². The summed E-state index contributed by atoms with van der Waals surface area (Å²) in [7, 11) is 1.87. The largest absolute Gasteiger partial charge is 0.480 e. The lowest BCUT2D eigenvalue weighted by molar-refractivity contribution is -0.140. The van der Waals surface area contributed by atoms with Crippen LogP contribution in [0.3, 0.4) is 0 Å². The van der Waals surface area contributed by atoms with E-state index in [1.165, 1.54) is 0 Å². The molecule has 0 fully saturated rings. The van der Waals surface area contributed by atoms with Crippen molar-refractivity contribution in [3.63, 3.8) is 0 Å². The van der Waals surface area contributed by atoms with Crippen LogP contribution in [-0.2, 0) is 18.4 Å². The molecule has 2 rings (SSSR count). The van der Waals surface area contributed by atoms with Crippen LogP contribution < -0.4 is 4.74 Å². The van der Waals surface area contributed by atoms with Crippen molar-refractivity contribution in [2.75, 3.05) is 0 Å². The molecular formula is C18H24BrN3O2. The van der Waals surface area contributed by atoms with Gasteiger partial charge in [-0.1, -0.05) is 6.07 Å². The average Bonchev–Trinajstić information content (AvgIpc) is 2.92. The number of halogens is 1. The minimum atomic E-state index is -0.567. The van der Waals surface area contributed by atoms with Crippen molar-refractivity contribution < 1.29 is 9.53 Å². The molecule has 130 valence electrons. The van der Waals surface area contributed by atoms with Crippen molar-refractivity contribution in [1.82, 2.24) is 14.7 Å². The molecule has 1 aromatic carbocycles. The van der Waals surface area contributed by atoms with E-state index in [-0.39, 0.29) is 11.9 Å². The van der Waals surface area contributed by atoms with Crippen LogP contribution >= 0.6 is 15.9 Å². The van der Waals surface area contributed by atoms with Gasteiger partial charge < -0.3 is 9.64 Å². The lowest BCUT2D eigenvalue weighted by Gasteiger charge is -2.29. The topological polar surface area (TPSA) is 47.4 Å². The highest BCUT2D eigenvalue weighted by molar-refractivity contribution is 9.10. The van der Waals surface area contributed by atoms with E-state index in [0.717, 1.165) is 15.6 Å². The van der Waals surface area contributed by atoms with Gasteiger partial charge in [-0.2, -0.15) is 5.10 Å². The van der Waals surface area contributed by atoms with E-state index in [2.05, 4.69) is 21.0 Å². The molecule has 0 aliphatic heterocycles. The van der Waals surface area contributed by atoms with Gasteiger partial charge in [-0.25, -0.2) is 0 Å². The Hall–Kier alpha value is -1.82. The summed E-state index contributed by atoms with van der Waals surface area (Å²) in [6, 6.07) is 5.89. The van der Waals surface area contributed by atoms with E-state index in [1.54, 1.807) is 17.8 Å². The van der Waals surface area contributed by atoms with Crippen molar-refractivity contribution in [3.8, 4) is 5.75 Å². The maximum absolute atomic E-state index is 12.8. The number of benzene rings is 1.